The molecule has 2 aliphatic heterocycles. The number of nitrogens with zero attached hydrogens (tertiary/aromatic N) is 3. The minimum Gasteiger partial charge on any atom is -0.381 e. The summed E-state index contributed by atoms with van der Waals surface area (Å²) in [5.74, 6) is 1.98. The molecule has 2 aliphatic rings. The summed E-state index contributed by atoms with van der Waals surface area (Å²) in [5.41, 5.74) is 0. The number of hydrogen-bond acceptors (Lipinski definition) is 4. The number of halogens is 1. The average molecular weight is 502 g/mol. The topological polar surface area (TPSA) is 74.2 Å². The van der Waals surface area contributed by atoms with Gasteiger partial charge >= 0.3 is 0 Å². The highest BCUT2D eigenvalue weighted by Crippen LogP contribution is 2.20. The standard InChI is InChI=1S/C17H34N4O3S.HI/c1-4-18-17(20(2)9-5-15-7-11-24-12-8-15)19-13-16-6-10-21(14-16)25(3,22)23;/h15-16H,4-14H2,1-3H3,(H,18,19);1H. The van der Waals surface area contributed by atoms with Gasteiger partial charge in [-0.3, -0.25) is 4.99 Å². The van der Waals surface area contributed by atoms with Crippen molar-refractivity contribution in [1.29, 1.82) is 0 Å². The molecule has 2 rings (SSSR count). The van der Waals surface area contributed by atoms with Crippen molar-refractivity contribution in [2.75, 3.05) is 59.2 Å². The van der Waals surface area contributed by atoms with Crippen LogP contribution in [0.25, 0.3) is 0 Å². The maximum absolute atomic E-state index is 11.6. The van der Waals surface area contributed by atoms with Crippen molar-refractivity contribution in [3.05, 3.63) is 0 Å². The normalized spacial score (nSPS) is 22.9. The number of guanidine groups is 1. The van der Waals surface area contributed by atoms with Crippen molar-refractivity contribution in [3.8, 4) is 0 Å². The van der Waals surface area contributed by atoms with Crippen LogP contribution < -0.4 is 5.32 Å². The van der Waals surface area contributed by atoms with Crippen LogP contribution in [-0.2, 0) is 14.8 Å². The summed E-state index contributed by atoms with van der Waals surface area (Å²) in [4.78, 5) is 6.96. The molecule has 0 aliphatic carbocycles. The summed E-state index contributed by atoms with van der Waals surface area (Å²) in [5, 5.41) is 3.35. The van der Waals surface area contributed by atoms with Gasteiger partial charge in [0.25, 0.3) is 0 Å². The molecule has 1 unspecified atom stereocenters. The first kappa shape index (κ1) is 23.9. The summed E-state index contributed by atoms with van der Waals surface area (Å²) in [6, 6.07) is 0. The predicted octanol–water partition coefficient (Wildman–Crippen LogP) is 1.60. The van der Waals surface area contributed by atoms with Gasteiger partial charge in [0.15, 0.2) is 5.96 Å². The molecule has 1 atom stereocenters. The second-order valence-corrected chi connectivity index (χ2v) is 9.22. The Bertz CT molecular complexity index is 538. The van der Waals surface area contributed by atoms with Crippen LogP contribution in [0.3, 0.4) is 0 Å². The fraction of sp³-hybridized carbons (Fsp3) is 0.941. The number of sulfonamides is 1. The van der Waals surface area contributed by atoms with E-state index in [0.717, 1.165) is 63.9 Å². The van der Waals surface area contributed by atoms with E-state index in [9.17, 15) is 8.42 Å². The lowest BCUT2D eigenvalue weighted by Gasteiger charge is -2.27. The molecule has 2 saturated heterocycles. The number of rotatable bonds is 7. The summed E-state index contributed by atoms with van der Waals surface area (Å²) in [6.45, 7) is 7.56. The third-order valence-electron chi connectivity index (χ3n) is 5.13. The maximum Gasteiger partial charge on any atom is 0.211 e. The van der Waals surface area contributed by atoms with Gasteiger partial charge in [-0.15, -0.1) is 24.0 Å². The van der Waals surface area contributed by atoms with E-state index in [0.29, 0.717) is 25.6 Å². The number of nitrogens with one attached hydrogen (secondary N) is 1. The smallest absolute Gasteiger partial charge is 0.211 e. The van der Waals surface area contributed by atoms with Gasteiger partial charge < -0.3 is 15.0 Å². The number of ether oxygens (including phenoxy) is 1. The molecule has 0 spiro atoms. The molecule has 1 N–H and O–H groups in total. The molecule has 0 aromatic rings. The fourth-order valence-corrected chi connectivity index (χ4v) is 4.37. The Balaban J connectivity index is 0.00000338. The van der Waals surface area contributed by atoms with Crippen LogP contribution >= 0.6 is 24.0 Å². The quantitative estimate of drug-likeness (QED) is 0.325. The van der Waals surface area contributed by atoms with Crippen LogP contribution in [0.2, 0.25) is 0 Å². The molecule has 0 aromatic heterocycles. The van der Waals surface area contributed by atoms with Gasteiger partial charge in [-0.2, -0.15) is 0 Å². The van der Waals surface area contributed by atoms with Crippen LogP contribution in [-0.4, -0.2) is 82.8 Å². The lowest BCUT2D eigenvalue weighted by molar-refractivity contribution is 0.0625. The van der Waals surface area contributed by atoms with Gasteiger partial charge in [0.2, 0.25) is 10.0 Å². The number of hydrogen-bond donors (Lipinski definition) is 1. The van der Waals surface area contributed by atoms with Crippen LogP contribution in [0.1, 0.15) is 32.6 Å². The van der Waals surface area contributed by atoms with E-state index in [1.807, 2.05) is 0 Å². The predicted molar refractivity (Wildman–Crippen MR) is 117 cm³/mol. The molecule has 0 bridgehead atoms. The molecular formula is C17H35IN4O3S. The van der Waals surface area contributed by atoms with E-state index in [1.165, 1.54) is 6.26 Å². The van der Waals surface area contributed by atoms with Crippen molar-refractivity contribution in [2.45, 2.75) is 32.6 Å². The first-order valence-electron chi connectivity index (χ1n) is 9.42. The van der Waals surface area contributed by atoms with Gasteiger partial charge in [0, 0.05) is 53.0 Å². The highest BCUT2D eigenvalue weighted by Gasteiger charge is 2.28. The van der Waals surface area contributed by atoms with Gasteiger partial charge in [0.05, 0.1) is 6.26 Å². The molecule has 0 saturated carbocycles. The van der Waals surface area contributed by atoms with Crippen LogP contribution in [0.5, 0.6) is 0 Å². The summed E-state index contributed by atoms with van der Waals surface area (Å²) >= 11 is 0. The van der Waals surface area contributed by atoms with E-state index in [2.05, 4.69) is 24.2 Å². The molecular weight excluding hydrogens is 467 g/mol. The Hall–Kier alpha value is -0.130. The molecule has 0 aromatic carbocycles. The first-order valence-corrected chi connectivity index (χ1v) is 11.3. The third-order valence-corrected chi connectivity index (χ3v) is 6.40. The van der Waals surface area contributed by atoms with Crippen LogP contribution in [0, 0.1) is 11.8 Å². The van der Waals surface area contributed by atoms with Crippen molar-refractivity contribution < 1.29 is 13.2 Å². The molecule has 154 valence electrons. The Morgan fingerprint density at radius 3 is 2.54 bits per heavy atom. The van der Waals surface area contributed by atoms with Crippen LogP contribution in [0.15, 0.2) is 4.99 Å². The zero-order valence-electron chi connectivity index (χ0n) is 16.3. The molecule has 0 radical (unpaired) electrons. The molecule has 2 fully saturated rings. The summed E-state index contributed by atoms with van der Waals surface area (Å²) in [6.07, 6.45) is 5.65. The molecule has 2 heterocycles. The average Bonchev–Trinajstić information content (AvgIpc) is 3.07. The van der Waals surface area contributed by atoms with Crippen molar-refractivity contribution in [3.63, 3.8) is 0 Å². The minimum atomic E-state index is -3.07. The van der Waals surface area contributed by atoms with Gasteiger partial charge in [0.1, 0.15) is 0 Å². The van der Waals surface area contributed by atoms with Gasteiger partial charge in [-0.05, 0) is 44.4 Å². The Morgan fingerprint density at radius 1 is 1.27 bits per heavy atom. The van der Waals surface area contributed by atoms with E-state index in [4.69, 9.17) is 9.73 Å². The second kappa shape index (κ2) is 11.7. The first-order chi connectivity index (χ1) is 11.9. The largest absolute Gasteiger partial charge is 0.381 e. The Labute approximate surface area is 176 Å². The SMILES string of the molecule is CCNC(=NCC1CCN(S(C)(=O)=O)C1)N(C)CCC1CCOCC1.I. The van der Waals surface area contributed by atoms with Crippen molar-refractivity contribution in [1.82, 2.24) is 14.5 Å². The van der Waals surface area contributed by atoms with E-state index >= 15 is 0 Å². The zero-order chi connectivity index (χ0) is 18.3. The monoisotopic (exact) mass is 502 g/mol. The van der Waals surface area contributed by atoms with Crippen LogP contribution in [0.4, 0.5) is 0 Å². The lowest BCUT2D eigenvalue weighted by Crippen LogP contribution is -2.40. The van der Waals surface area contributed by atoms with Crippen molar-refractivity contribution >= 4 is 40.0 Å². The maximum atomic E-state index is 11.6. The highest BCUT2D eigenvalue weighted by atomic mass is 127. The number of aliphatic imine (C=N–C) groups is 1. The molecule has 0 amide bonds. The van der Waals surface area contributed by atoms with E-state index < -0.39 is 10.0 Å². The molecule has 7 nitrogen and oxygen atoms in total. The van der Waals surface area contributed by atoms with Gasteiger partial charge in [-0.25, -0.2) is 12.7 Å². The fourth-order valence-electron chi connectivity index (χ4n) is 3.45. The van der Waals surface area contributed by atoms with E-state index in [-0.39, 0.29) is 24.0 Å². The summed E-state index contributed by atoms with van der Waals surface area (Å²) < 4.78 is 30.2. The third kappa shape index (κ3) is 7.85. The lowest BCUT2D eigenvalue weighted by atomic mass is 9.96. The Kier molecular flexibility index (Phi) is 10.7. The van der Waals surface area contributed by atoms with E-state index in [1.54, 1.807) is 4.31 Å². The summed E-state index contributed by atoms with van der Waals surface area (Å²) in [7, 11) is -0.991. The zero-order valence-corrected chi connectivity index (χ0v) is 19.5. The molecule has 9 heteroatoms. The second-order valence-electron chi connectivity index (χ2n) is 7.24. The van der Waals surface area contributed by atoms with Crippen molar-refractivity contribution in [2.24, 2.45) is 16.8 Å². The Morgan fingerprint density at radius 2 is 1.96 bits per heavy atom. The molecule has 26 heavy (non-hydrogen) atoms. The highest BCUT2D eigenvalue weighted by molar-refractivity contribution is 14.0. The minimum absolute atomic E-state index is 0. The van der Waals surface area contributed by atoms with Gasteiger partial charge in [-0.1, -0.05) is 0 Å².